The molecule has 4 nitrogen and oxygen atoms in total. The van der Waals surface area contributed by atoms with Crippen molar-refractivity contribution in [3.63, 3.8) is 0 Å². The van der Waals surface area contributed by atoms with Gasteiger partial charge in [0.05, 0.1) is 11.8 Å². The zero-order chi connectivity index (χ0) is 10.4. The van der Waals surface area contributed by atoms with E-state index in [1.807, 2.05) is 18.2 Å². The van der Waals surface area contributed by atoms with Crippen LogP contribution in [0.5, 0.6) is 0 Å². The van der Waals surface area contributed by atoms with Crippen LogP contribution in [0.3, 0.4) is 0 Å². The normalized spacial score (nSPS) is 11.2. The number of hydrogen-bond donors (Lipinski definition) is 2. The van der Waals surface area contributed by atoms with Gasteiger partial charge in [0, 0.05) is 15.8 Å². The van der Waals surface area contributed by atoms with Crippen LogP contribution in [-0.4, -0.2) is 9.97 Å². The second-order valence-electron chi connectivity index (χ2n) is 3.27. The summed E-state index contributed by atoms with van der Waals surface area (Å²) in [6.07, 6.45) is 1.42. The van der Waals surface area contributed by atoms with Crippen molar-refractivity contribution in [1.82, 2.24) is 9.97 Å². The van der Waals surface area contributed by atoms with Crippen LogP contribution in [0, 0.1) is 0 Å². The Hall–Kier alpha value is -1.88. The summed E-state index contributed by atoms with van der Waals surface area (Å²) in [5.74, 6) is 0. The molecule has 2 heterocycles. The van der Waals surface area contributed by atoms with Gasteiger partial charge in [0.1, 0.15) is 4.70 Å². The fourth-order valence-electron chi connectivity index (χ4n) is 1.61. The average Bonchev–Trinajstić information content (AvgIpc) is 2.58. The Bertz CT molecular complexity index is 713. The van der Waals surface area contributed by atoms with Gasteiger partial charge in [-0.15, -0.1) is 11.3 Å². The standard InChI is InChI=1S/C10H7N3OS/c11-5-1-2-7-6(3-5)8-9(15-7)10(14)13-4-12-8/h1-4H,11H2,(H,12,13,14). The van der Waals surface area contributed by atoms with Crippen molar-refractivity contribution in [2.75, 3.05) is 5.73 Å². The van der Waals surface area contributed by atoms with E-state index in [1.54, 1.807) is 0 Å². The Kier molecular flexibility index (Phi) is 1.58. The van der Waals surface area contributed by atoms with Gasteiger partial charge in [-0.05, 0) is 18.2 Å². The van der Waals surface area contributed by atoms with Crippen LogP contribution in [0.25, 0.3) is 20.3 Å². The highest BCUT2D eigenvalue weighted by Crippen LogP contribution is 2.31. The molecule has 0 bridgehead atoms. The molecule has 0 unspecified atom stereocenters. The Labute approximate surface area is 88.4 Å². The fourth-order valence-corrected chi connectivity index (χ4v) is 2.64. The van der Waals surface area contributed by atoms with Crippen molar-refractivity contribution in [1.29, 1.82) is 0 Å². The molecule has 15 heavy (non-hydrogen) atoms. The predicted octanol–water partition coefficient (Wildman–Crippen LogP) is 1.72. The number of nitrogens with one attached hydrogen (secondary N) is 1. The van der Waals surface area contributed by atoms with Gasteiger partial charge >= 0.3 is 0 Å². The lowest BCUT2D eigenvalue weighted by Gasteiger charge is -1.92. The smallest absolute Gasteiger partial charge is 0.268 e. The molecule has 2 aromatic heterocycles. The number of anilines is 1. The van der Waals surface area contributed by atoms with Gasteiger partial charge < -0.3 is 10.7 Å². The molecular weight excluding hydrogens is 210 g/mol. The van der Waals surface area contributed by atoms with E-state index >= 15 is 0 Å². The van der Waals surface area contributed by atoms with E-state index in [0.717, 1.165) is 15.6 Å². The van der Waals surface area contributed by atoms with E-state index in [-0.39, 0.29) is 5.56 Å². The van der Waals surface area contributed by atoms with Crippen molar-refractivity contribution in [2.45, 2.75) is 0 Å². The molecule has 0 aliphatic carbocycles. The fraction of sp³-hybridized carbons (Fsp3) is 0. The van der Waals surface area contributed by atoms with Crippen LogP contribution in [0.4, 0.5) is 5.69 Å². The number of thiophene rings is 1. The quantitative estimate of drug-likeness (QED) is 0.563. The van der Waals surface area contributed by atoms with Gasteiger partial charge in [-0.1, -0.05) is 0 Å². The molecule has 0 aliphatic heterocycles. The molecule has 0 fully saturated rings. The van der Waals surface area contributed by atoms with Crippen molar-refractivity contribution in [3.8, 4) is 0 Å². The van der Waals surface area contributed by atoms with Crippen LogP contribution < -0.4 is 11.3 Å². The van der Waals surface area contributed by atoms with Crippen LogP contribution in [-0.2, 0) is 0 Å². The highest BCUT2D eigenvalue weighted by Gasteiger charge is 2.08. The first kappa shape index (κ1) is 8.43. The van der Waals surface area contributed by atoms with E-state index in [2.05, 4.69) is 9.97 Å². The zero-order valence-electron chi connectivity index (χ0n) is 7.65. The third-order valence-electron chi connectivity index (χ3n) is 2.28. The maximum absolute atomic E-state index is 11.5. The lowest BCUT2D eigenvalue weighted by atomic mass is 10.2. The van der Waals surface area contributed by atoms with Crippen molar-refractivity contribution in [3.05, 3.63) is 34.9 Å². The monoisotopic (exact) mass is 217 g/mol. The summed E-state index contributed by atoms with van der Waals surface area (Å²) in [5.41, 5.74) is 7.02. The summed E-state index contributed by atoms with van der Waals surface area (Å²) in [7, 11) is 0. The van der Waals surface area contributed by atoms with E-state index in [4.69, 9.17) is 5.73 Å². The molecule has 3 aromatic rings. The number of hydrogen-bond acceptors (Lipinski definition) is 4. The van der Waals surface area contributed by atoms with Crippen LogP contribution >= 0.6 is 11.3 Å². The molecular formula is C10H7N3OS. The molecule has 0 radical (unpaired) electrons. The van der Waals surface area contributed by atoms with Crippen LogP contribution in [0.15, 0.2) is 29.3 Å². The predicted molar refractivity (Wildman–Crippen MR) is 62.2 cm³/mol. The minimum atomic E-state index is -0.0974. The number of H-pyrrole nitrogens is 1. The van der Waals surface area contributed by atoms with Gasteiger partial charge in [-0.25, -0.2) is 4.98 Å². The second kappa shape index (κ2) is 2.80. The maximum Gasteiger partial charge on any atom is 0.268 e. The first-order valence-corrected chi connectivity index (χ1v) is 5.23. The molecule has 0 atom stereocenters. The van der Waals surface area contributed by atoms with Gasteiger partial charge in [-0.3, -0.25) is 4.79 Å². The molecule has 0 spiro atoms. The highest BCUT2D eigenvalue weighted by molar-refractivity contribution is 7.25. The molecule has 0 saturated heterocycles. The minimum Gasteiger partial charge on any atom is -0.399 e. The average molecular weight is 217 g/mol. The molecule has 0 saturated carbocycles. The molecule has 74 valence electrons. The third-order valence-corrected chi connectivity index (χ3v) is 3.44. The number of aromatic amines is 1. The lowest BCUT2D eigenvalue weighted by Crippen LogP contribution is -2.03. The first-order valence-electron chi connectivity index (χ1n) is 4.41. The number of nitrogen functional groups attached to an aromatic ring is 1. The van der Waals surface area contributed by atoms with E-state index in [0.29, 0.717) is 10.4 Å². The molecule has 1 aromatic carbocycles. The van der Waals surface area contributed by atoms with E-state index < -0.39 is 0 Å². The number of fused-ring (bicyclic) bond motifs is 3. The molecule has 0 amide bonds. The number of benzene rings is 1. The van der Waals surface area contributed by atoms with Crippen molar-refractivity contribution < 1.29 is 0 Å². The van der Waals surface area contributed by atoms with Crippen LogP contribution in [0.1, 0.15) is 0 Å². The topological polar surface area (TPSA) is 71.8 Å². The Morgan fingerprint density at radius 1 is 1.40 bits per heavy atom. The second-order valence-corrected chi connectivity index (χ2v) is 4.32. The van der Waals surface area contributed by atoms with Crippen molar-refractivity contribution >= 4 is 37.3 Å². The van der Waals surface area contributed by atoms with Gasteiger partial charge in [0.2, 0.25) is 0 Å². The number of aromatic nitrogens is 2. The Morgan fingerprint density at radius 2 is 2.27 bits per heavy atom. The van der Waals surface area contributed by atoms with Gasteiger partial charge in [-0.2, -0.15) is 0 Å². The largest absolute Gasteiger partial charge is 0.399 e. The van der Waals surface area contributed by atoms with E-state index in [1.165, 1.54) is 17.7 Å². The van der Waals surface area contributed by atoms with Crippen LogP contribution in [0.2, 0.25) is 0 Å². The zero-order valence-corrected chi connectivity index (χ0v) is 8.47. The minimum absolute atomic E-state index is 0.0974. The summed E-state index contributed by atoms with van der Waals surface area (Å²) < 4.78 is 1.68. The van der Waals surface area contributed by atoms with E-state index in [9.17, 15) is 4.79 Å². The summed E-state index contributed by atoms with van der Waals surface area (Å²) in [6, 6.07) is 5.59. The Morgan fingerprint density at radius 3 is 3.13 bits per heavy atom. The lowest BCUT2D eigenvalue weighted by molar-refractivity contribution is 1.18. The number of nitrogens with two attached hydrogens (primary N) is 1. The first-order chi connectivity index (χ1) is 7.25. The summed E-state index contributed by atoms with van der Waals surface area (Å²) in [6.45, 7) is 0. The summed E-state index contributed by atoms with van der Waals surface area (Å²) in [5, 5.41) is 0.945. The maximum atomic E-state index is 11.5. The molecule has 3 rings (SSSR count). The van der Waals surface area contributed by atoms with Gasteiger partial charge in [0.15, 0.2) is 0 Å². The Balaban J connectivity index is 2.64. The van der Waals surface area contributed by atoms with Crippen molar-refractivity contribution in [2.24, 2.45) is 0 Å². The number of nitrogens with zero attached hydrogens (tertiary/aromatic N) is 1. The summed E-state index contributed by atoms with van der Waals surface area (Å²) in [4.78, 5) is 18.2. The summed E-state index contributed by atoms with van der Waals surface area (Å²) >= 11 is 1.44. The molecule has 5 heteroatoms. The third kappa shape index (κ3) is 1.13. The SMILES string of the molecule is Nc1ccc2sc3c(=O)[nH]cnc3c2c1. The van der Waals surface area contributed by atoms with Gasteiger partial charge in [0.25, 0.3) is 5.56 Å². The number of rotatable bonds is 0. The highest BCUT2D eigenvalue weighted by atomic mass is 32.1. The molecule has 0 aliphatic rings. The molecule has 3 N–H and O–H groups in total.